The van der Waals surface area contributed by atoms with Crippen LogP contribution in [0, 0.1) is 5.41 Å². The van der Waals surface area contributed by atoms with Crippen molar-refractivity contribution in [2.45, 2.75) is 38.1 Å². The highest BCUT2D eigenvalue weighted by Gasteiger charge is 2.50. The lowest BCUT2D eigenvalue weighted by atomic mass is 9.95. The van der Waals surface area contributed by atoms with E-state index in [-0.39, 0.29) is 40.8 Å². The molecular formula is C18H26N2O8S3. The number of carbonyl (C=O) groups excluding carboxylic acids is 1. The van der Waals surface area contributed by atoms with E-state index >= 15 is 0 Å². The molecule has 2 aliphatic rings. The quantitative estimate of drug-likeness (QED) is 0.561. The number of sulfonamides is 2. The molecule has 1 aromatic rings. The molecule has 0 aliphatic carbocycles. The first-order valence-electron chi connectivity index (χ1n) is 9.64. The van der Waals surface area contributed by atoms with Crippen molar-refractivity contribution in [2.75, 3.05) is 35.2 Å². The maximum atomic E-state index is 13.5. The highest BCUT2D eigenvalue weighted by Crippen LogP contribution is 2.39. The lowest BCUT2D eigenvalue weighted by molar-refractivity contribution is -0.123. The maximum absolute atomic E-state index is 13.5. The van der Waals surface area contributed by atoms with Crippen molar-refractivity contribution < 1.29 is 34.8 Å². The van der Waals surface area contributed by atoms with Gasteiger partial charge in [0.1, 0.15) is 10.6 Å². The van der Waals surface area contributed by atoms with Crippen molar-refractivity contribution in [2.24, 2.45) is 5.41 Å². The summed E-state index contributed by atoms with van der Waals surface area (Å²) in [5.74, 6) is -1.47. The molecule has 1 atom stereocenters. The molecular weight excluding hydrogens is 468 g/mol. The van der Waals surface area contributed by atoms with Gasteiger partial charge in [0.05, 0.1) is 35.5 Å². The predicted molar refractivity (Wildman–Crippen MR) is 115 cm³/mol. The van der Waals surface area contributed by atoms with E-state index < -0.39 is 53.0 Å². The molecule has 2 saturated heterocycles. The molecule has 0 aromatic heterocycles. The van der Waals surface area contributed by atoms with Crippen LogP contribution in [0.15, 0.2) is 23.1 Å². The van der Waals surface area contributed by atoms with Crippen molar-refractivity contribution in [1.82, 2.24) is 4.31 Å². The first kappa shape index (κ1) is 24.0. The number of methoxy groups -OCH3 is 1. The highest BCUT2D eigenvalue weighted by atomic mass is 32.2. The minimum atomic E-state index is -4.25. The van der Waals surface area contributed by atoms with Gasteiger partial charge in [-0.25, -0.2) is 29.6 Å². The zero-order valence-corrected chi connectivity index (χ0v) is 20.2. The molecule has 0 saturated carbocycles. The Morgan fingerprint density at radius 2 is 1.87 bits per heavy atom. The molecule has 1 aromatic carbocycles. The zero-order valence-electron chi connectivity index (χ0n) is 17.7. The summed E-state index contributed by atoms with van der Waals surface area (Å²) in [5, 5.41) is 0. The highest BCUT2D eigenvalue weighted by molar-refractivity contribution is 7.94. The van der Waals surface area contributed by atoms with Gasteiger partial charge in [0.25, 0.3) is 0 Å². The monoisotopic (exact) mass is 494 g/mol. The Bertz CT molecular complexity index is 1220. The van der Waals surface area contributed by atoms with Crippen molar-refractivity contribution in [3.63, 3.8) is 0 Å². The number of hydrogen-bond donors (Lipinski definition) is 0. The van der Waals surface area contributed by atoms with Gasteiger partial charge in [-0.3, -0.25) is 4.79 Å². The third-order valence-electron chi connectivity index (χ3n) is 5.48. The van der Waals surface area contributed by atoms with Crippen LogP contribution < -0.4 is 9.04 Å². The molecule has 0 radical (unpaired) electrons. The molecule has 0 spiro atoms. The summed E-state index contributed by atoms with van der Waals surface area (Å²) in [6, 6.07) is 2.96. The molecule has 1 amide bonds. The van der Waals surface area contributed by atoms with Gasteiger partial charge in [-0.15, -0.1) is 0 Å². The summed E-state index contributed by atoms with van der Waals surface area (Å²) in [6.07, 6.45) is 0.171. The number of carbonyl (C=O) groups is 1. The molecule has 0 N–H and O–H groups in total. The summed E-state index contributed by atoms with van der Waals surface area (Å²) >= 11 is 0. The van der Waals surface area contributed by atoms with E-state index in [2.05, 4.69) is 0 Å². The van der Waals surface area contributed by atoms with E-state index in [9.17, 15) is 30.0 Å². The third kappa shape index (κ3) is 4.20. The Morgan fingerprint density at radius 1 is 1.23 bits per heavy atom. The minimum Gasteiger partial charge on any atom is -0.495 e. The van der Waals surface area contributed by atoms with Gasteiger partial charge in [-0.2, -0.15) is 4.31 Å². The zero-order chi connectivity index (χ0) is 23.4. The van der Waals surface area contributed by atoms with Crippen LogP contribution in [0.4, 0.5) is 5.69 Å². The van der Waals surface area contributed by atoms with Gasteiger partial charge in [-0.05, 0) is 38.5 Å². The summed E-state index contributed by atoms with van der Waals surface area (Å²) in [7, 11) is -10.3. The standard InChI is InChI=1S/C18H26N2O8S3/c1-5-19(14-8-9-29(22,23)11-14)31(26,27)16-10-13(6-7-15(16)28-4)20-17(21)18(2,3)12-30(20,24)25/h6-7,10,14H,5,8-9,11-12H2,1-4H3/t14-/m0/s1. The van der Waals surface area contributed by atoms with E-state index in [1.165, 1.54) is 33.1 Å². The first-order valence-corrected chi connectivity index (χ1v) is 14.5. The van der Waals surface area contributed by atoms with Gasteiger partial charge in [0.15, 0.2) is 9.84 Å². The molecule has 0 bridgehead atoms. The second-order valence-electron chi connectivity index (χ2n) is 8.31. The van der Waals surface area contributed by atoms with E-state index in [1.807, 2.05) is 0 Å². The lowest BCUT2D eigenvalue weighted by Gasteiger charge is -2.27. The van der Waals surface area contributed by atoms with Gasteiger partial charge in [0, 0.05) is 12.6 Å². The number of amides is 1. The molecule has 10 nitrogen and oxygen atoms in total. The van der Waals surface area contributed by atoms with E-state index in [4.69, 9.17) is 4.74 Å². The first-order chi connectivity index (χ1) is 14.2. The van der Waals surface area contributed by atoms with Crippen LogP contribution in [0.3, 0.4) is 0 Å². The van der Waals surface area contributed by atoms with Crippen LogP contribution in [0.25, 0.3) is 0 Å². The Hall–Kier alpha value is -1.70. The molecule has 0 unspecified atom stereocenters. The summed E-state index contributed by atoms with van der Waals surface area (Å²) in [4.78, 5) is 12.4. The second-order valence-corrected chi connectivity index (χ2v) is 14.2. The van der Waals surface area contributed by atoms with Crippen LogP contribution in [-0.2, 0) is 34.7 Å². The fourth-order valence-corrected chi connectivity index (χ4v) is 9.77. The fourth-order valence-electron chi connectivity index (χ4n) is 4.01. The SMILES string of the molecule is CCN([C@H]1CCS(=O)(=O)C1)S(=O)(=O)c1cc(N2C(=O)C(C)(C)CS2(=O)=O)ccc1OC. The largest absolute Gasteiger partial charge is 0.495 e. The number of benzene rings is 1. The van der Waals surface area contributed by atoms with E-state index in [0.29, 0.717) is 4.31 Å². The van der Waals surface area contributed by atoms with Gasteiger partial charge in [-0.1, -0.05) is 6.92 Å². The number of rotatable bonds is 6. The fraction of sp³-hybridized carbons (Fsp3) is 0.611. The second kappa shape index (κ2) is 7.71. The summed E-state index contributed by atoms with van der Waals surface area (Å²) < 4.78 is 82.9. The summed E-state index contributed by atoms with van der Waals surface area (Å²) in [6.45, 7) is 4.63. The Kier molecular flexibility index (Phi) is 5.96. The average molecular weight is 495 g/mol. The molecule has 2 fully saturated rings. The van der Waals surface area contributed by atoms with Gasteiger partial charge >= 0.3 is 0 Å². The Morgan fingerprint density at radius 3 is 2.32 bits per heavy atom. The third-order valence-corrected chi connectivity index (χ3v) is 11.3. The number of nitrogens with zero attached hydrogens (tertiary/aromatic N) is 2. The average Bonchev–Trinajstić information content (AvgIpc) is 3.07. The van der Waals surface area contributed by atoms with Crippen LogP contribution in [0.1, 0.15) is 27.2 Å². The van der Waals surface area contributed by atoms with Crippen molar-refractivity contribution in [3.05, 3.63) is 18.2 Å². The van der Waals surface area contributed by atoms with Crippen molar-refractivity contribution in [3.8, 4) is 5.75 Å². The topological polar surface area (TPSA) is 135 Å². The minimum absolute atomic E-state index is 0.0177. The predicted octanol–water partition coefficient (Wildman–Crippen LogP) is 0.596. The van der Waals surface area contributed by atoms with E-state index in [0.717, 1.165) is 10.4 Å². The van der Waals surface area contributed by atoms with Crippen LogP contribution in [0.2, 0.25) is 0 Å². The van der Waals surface area contributed by atoms with Crippen LogP contribution >= 0.6 is 0 Å². The van der Waals surface area contributed by atoms with Crippen LogP contribution in [-0.4, -0.2) is 72.4 Å². The Labute approximate surface area is 183 Å². The van der Waals surface area contributed by atoms with Crippen molar-refractivity contribution >= 4 is 41.5 Å². The smallest absolute Gasteiger partial charge is 0.247 e. The normalized spacial score (nSPS) is 24.6. The van der Waals surface area contributed by atoms with Crippen LogP contribution in [0.5, 0.6) is 5.75 Å². The molecule has 2 aliphatic heterocycles. The maximum Gasteiger partial charge on any atom is 0.247 e. The number of anilines is 1. The Balaban J connectivity index is 2.12. The number of ether oxygens (including phenoxy) is 1. The van der Waals surface area contributed by atoms with Crippen molar-refractivity contribution in [1.29, 1.82) is 0 Å². The van der Waals surface area contributed by atoms with Gasteiger partial charge in [0.2, 0.25) is 26.0 Å². The molecule has 2 heterocycles. The molecule has 31 heavy (non-hydrogen) atoms. The number of sulfone groups is 1. The molecule has 13 heteroatoms. The van der Waals surface area contributed by atoms with Gasteiger partial charge < -0.3 is 4.74 Å². The number of hydrogen-bond acceptors (Lipinski definition) is 8. The molecule has 174 valence electrons. The summed E-state index contributed by atoms with van der Waals surface area (Å²) in [5.41, 5.74) is -1.25. The lowest BCUT2D eigenvalue weighted by Crippen LogP contribution is -2.41. The molecule has 3 rings (SSSR count). The van der Waals surface area contributed by atoms with E-state index in [1.54, 1.807) is 6.92 Å².